The van der Waals surface area contributed by atoms with Gasteiger partial charge in [0.25, 0.3) is 0 Å². The fourth-order valence-electron chi connectivity index (χ4n) is 1.79. The van der Waals surface area contributed by atoms with E-state index < -0.39 is 0 Å². The molecule has 1 unspecified atom stereocenters. The molecule has 17 heavy (non-hydrogen) atoms. The molecule has 0 bridgehead atoms. The van der Waals surface area contributed by atoms with Gasteiger partial charge in [0.2, 0.25) is 5.91 Å². The minimum atomic E-state index is -0.378. The van der Waals surface area contributed by atoms with Gasteiger partial charge < -0.3 is 11.1 Å². The zero-order valence-electron chi connectivity index (χ0n) is 10.0. The predicted molar refractivity (Wildman–Crippen MR) is 65.9 cm³/mol. The van der Waals surface area contributed by atoms with Gasteiger partial charge in [0.1, 0.15) is 6.04 Å². The van der Waals surface area contributed by atoms with Gasteiger partial charge >= 0.3 is 0 Å². The second-order valence-electron chi connectivity index (χ2n) is 4.56. The van der Waals surface area contributed by atoms with Crippen LogP contribution in [0.2, 0.25) is 5.02 Å². The average Bonchev–Trinajstić information content (AvgIpc) is 3.04. The molecule has 3 N–H and O–H groups in total. The summed E-state index contributed by atoms with van der Waals surface area (Å²) < 4.78 is 1.74. The Labute approximate surface area is 105 Å². The maximum Gasteiger partial charge on any atom is 0.236 e. The molecule has 0 radical (unpaired) electrons. The zero-order valence-corrected chi connectivity index (χ0v) is 10.8. The summed E-state index contributed by atoms with van der Waals surface area (Å²) in [5.74, 6) is -0.347. The predicted octanol–water partition coefficient (Wildman–Crippen LogP) is 0.759. The van der Waals surface area contributed by atoms with Gasteiger partial charge in [-0.15, -0.1) is 0 Å². The van der Waals surface area contributed by atoms with Crippen molar-refractivity contribution >= 4 is 17.5 Å². The van der Waals surface area contributed by atoms with Crippen LogP contribution in [-0.2, 0) is 11.3 Å². The number of carbonyl (C=O) groups is 1. The summed E-state index contributed by atoms with van der Waals surface area (Å²) in [7, 11) is 0. The molecule has 2 rings (SSSR count). The molecular formula is C11H17ClN4O. The van der Waals surface area contributed by atoms with Gasteiger partial charge in [-0.25, -0.2) is 0 Å². The number of halogens is 1. The monoisotopic (exact) mass is 256 g/mol. The van der Waals surface area contributed by atoms with Crippen molar-refractivity contribution in [1.82, 2.24) is 15.1 Å². The fraction of sp³-hybridized carbons (Fsp3) is 0.636. The van der Waals surface area contributed by atoms with Gasteiger partial charge in [-0.2, -0.15) is 5.10 Å². The van der Waals surface area contributed by atoms with Crippen LogP contribution in [0.3, 0.4) is 0 Å². The molecule has 1 aliphatic rings. The number of rotatable bonds is 5. The molecule has 0 spiro atoms. The number of aryl methyl sites for hydroxylation is 1. The summed E-state index contributed by atoms with van der Waals surface area (Å²) >= 11 is 6.06. The van der Waals surface area contributed by atoms with E-state index in [1.165, 1.54) is 0 Å². The second-order valence-corrected chi connectivity index (χ2v) is 4.94. The standard InChI is InChI=1S/C11H17ClN4O/c1-6-10(12)7(2)16(15-6)5-9(11(13)17)14-8-3-4-8/h8-9,14H,3-5H2,1-2H3,(H2,13,17). The lowest BCUT2D eigenvalue weighted by atomic mass is 10.2. The van der Waals surface area contributed by atoms with Crippen LogP contribution in [-0.4, -0.2) is 27.8 Å². The van der Waals surface area contributed by atoms with Crippen molar-refractivity contribution in [1.29, 1.82) is 0 Å². The van der Waals surface area contributed by atoms with Crippen molar-refractivity contribution in [3.05, 3.63) is 16.4 Å². The lowest BCUT2D eigenvalue weighted by molar-refractivity contribution is -0.120. The Bertz CT molecular complexity index is 439. The Hall–Kier alpha value is -1.07. The molecule has 94 valence electrons. The number of carbonyl (C=O) groups excluding carboxylic acids is 1. The number of nitrogens with two attached hydrogens (primary N) is 1. The summed E-state index contributed by atoms with van der Waals surface area (Å²) in [6.07, 6.45) is 2.23. The number of hydrogen-bond acceptors (Lipinski definition) is 3. The summed E-state index contributed by atoms with van der Waals surface area (Å²) in [6, 6.07) is 0.0523. The molecule has 5 nitrogen and oxygen atoms in total. The number of nitrogens with zero attached hydrogens (tertiary/aromatic N) is 2. The summed E-state index contributed by atoms with van der Waals surface area (Å²) in [6.45, 7) is 4.17. The Morgan fingerprint density at radius 1 is 1.65 bits per heavy atom. The van der Waals surface area contributed by atoms with Crippen LogP contribution in [0.1, 0.15) is 24.2 Å². The molecule has 0 aliphatic heterocycles. The van der Waals surface area contributed by atoms with E-state index in [-0.39, 0.29) is 11.9 Å². The van der Waals surface area contributed by atoms with Crippen molar-refractivity contribution in [3.8, 4) is 0 Å². The van der Waals surface area contributed by atoms with Gasteiger partial charge in [0.15, 0.2) is 0 Å². The lowest BCUT2D eigenvalue weighted by Crippen LogP contribution is -2.45. The minimum absolute atomic E-state index is 0.347. The van der Waals surface area contributed by atoms with Crippen LogP contribution < -0.4 is 11.1 Å². The molecule has 1 aromatic heterocycles. The number of amides is 1. The quantitative estimate of drug-likeness (QED) is 0.817. The number of nitrogens with one attached hydrogen (secondary N) is 1. The topological polar surface area (TPSA) is 72.9 Å². The largest absolute Gasteiger partial charge is 0.368 e. The normalized spacial score (nSPS) is 17.1. The van der Waals surface area contributed by atoms with Crippen LogP contribution >= 0.6 is 11.6 Å². The van der Waals surface area contributed by atoms with Gasteiger partial charge in [-0.3, -0.25) is 9.48 Å². The van der Waals surface area contributed by atoms with Crippen molar-refractivity contribution in [2.24, 2.45) is 5.73 Å². The van der Waals surface area contributed by atoms with Crippen LogP contribution in [0.15, 0.2) is 0 Å². The molecule has 0 saturated heterocycles. The van der Waals surface area contributed by atoms with E-state index in [0.29, 0.717) is 17.6 Å². The molecule has 1 atom stereocenters. The third kappa shape index (κ3) is 2.79. The van der Waals surface area contributed by atoms with Crippen molar-refractivity contribution in [2.75, 3.05) is 0 Å². The average molecular weight is 257 g/mol. The molecule has 1 amide bonds. The molecule has 1 heterocycles. The van der Waals surface area contributed by atoms with E-state index in [9.17, 15) is 4.79 Å². The zero-order chi connectivity index (χ0) is 12.6. The van der Waals surface area contributed by atoms with E-state index >= 15 is 0 Å². The maximum atomic E-state index is 11.4. The Kier molecular flexibility index (Phi) is 3.40. The molecule has 1 saturated carbocycles. The van der Waals surface area contributed by atoms with Crippen molar-refractivity contribution in [3.63, 3.8) is 0 Å². The van der Waals surface area contributed by atoms with E-state index in [1.807, 2.05) is 13.8 Å². The maximum absolute atomic E-state index is 11.4. The van der Waals surface area contributed by atoms with Gasteiger partial charge in [-0.1, -0.05) is 11.6 Å². The van der Waals surface area contributed by atoms with Gasteiger partial charge in [-0.05, 0) is 26.7 Å². The summed E-state index contributed by atoms with van der Waals surface area (Å²) in [5.41, 5.74) is 7.03. The third-order valence-electron chi connectivity index (χ3n) is 3.01. The smallest absolute Gasteiger partial charge is 0.236 e. The molecule has 6 heteroatoms. The van der Waals surface area contributed by atoms with Crippen LogP contribution in [0.25, 0.3) is 0 Å². The fourth-order valence-corrected chi connectivity index (χ4v) is 1.92. The van der Waals surface area contributed by atoms with Gasteiger partial charge in [0.05, 0.1) is 23.0 Å². The van der Waals surface area contributed by atoms with Crippen molar-refractivity contribution < 1.29 is 4.79 Å². The summed E-state index contributed by atoms with van der Waals surface area (Å²) in [4.78, 5) is 11.4. The minimum Gasteiger partial charge on any atom is -0.368 e. The van der Waals surface area contributed by atoms with E-state index in [2.05, 4.69) is 10.4 Å². The molecular weight excluding hydrogens is 240 g/mol. The molecule has 0 aromatic carbocycles. The highest BCUT2D eigenvalue weighted by atomic mass is 35.5. The van der Waals surface area contributed by atoms with Gasteiger partial charge in [0, 0.05) is 6.04 Å². The van der Waals surface area contributed by atoms with Crippen LogP contribution in [0.5, 0.6) is 0 Å². The number of primary amides is 1. The summed E-state index contributed by atoms with van der Waals surface area (Å²) in [5, 5.41) is 8.17. The van der Waals surface area contributed by atoms with E-state index in [4.69, 9.17) is 17.3 Å². The Morgan fingerprint density at radius 3 is 2.71 bits per heavy atom. The first-order chi connectivity index (χ1) is 7.99. The SMILES string of the molecule is Cc1nn(CC(NC2CC2)C(N)=O)c(C)c1Cl. The first-order valence-electron chi connectivity index (χ1n) is 5.74. The molecule has 1 aliphatic carbocycles. The highest BCUT2D eigenvalue weighted by molar-refractivity contribution is 6.31. The highest BCUT2D eigenvalue weighted by Gasteiger charge is 2.28. The number of hydrogen-bond donors (Lipinski definition) is 2. The van der Waals surface area contributed by atoms with Crippen LogP contribution in [0.4, 0.5) is 0 Å². The van der Waals surface area contributed by atoms with E-state index in [0.717, 1.165) is 24.2 Å². The highest BCUT2D eigenvalue weighted by Crippen LogP contribution is 2.21. The molecule has 1 aromatic rings. The van der Waals surface area contributed by atoms with Crippen LogP contribution in [0, 0.1) is 13.8 Å². The first kappa shape index (κ1) is 12.4. The van der Waals surface area contributed by atoms with E-state index in [1.54, 1.807) is 4.68 Å². The first-order valence-corrected chi connectivity index (χ1v) is 6.11. The Morgan fingerprint density at radius 2 is 2.29 bits per heavy atom. The number of aromatic nitrogens is 2. The molecule has 1 fully saturated rings. The lowest BCUT2D eigenvalue weighted by Gasteiger charge is -2.15. The van der Waals surface area contributed by atoms with Crippen molar-refractivity contribution in [2.45, 2.75) is 45.3 Å². The second kappa shape index (κ2) is 4.66. The Balaban J connectivity index is 2.10. The third-order valence-corrected chi connectivity index (χ3v) is 3.55.